The van der Waals surface area contributed by atoms with E-state index in [0.717, 1.165) is 6.07 Å². The summed E-state index contributed by atoms with van der Waals surface area (Å²) in [7, 11) is 1.39. The minimum Gasteiger partial charge on any atom is -0.497 e. The molecule has 2 rings (SSSR count). The first-order valence-electron chi connectivity index (χ1n) is 9.10. The molecule has 0 spiro atoms. The van der Waals surface area contributed by atoms with Gasteiger partial charge in [0.15, 0.2) is 5.60 Å². The monoisotopic (exact) mass is 414 g/mol. The van der Waals surface area contributed by atoms with E-state index in [9.17, 15) is 14.0 Å². The van der Waals surface area contributed by atoms with Crippen molar-refractivity contribution in [3.63, 3.8) is 0 Å². The van der Waals surface area contributed by atoms with Crippen LogP contribution in [0.1, 0.15) is 23.6 Å². The number of ether oxygens (including phenoxy) is 2. The number of benzene rings is 2. The third kappa shape index (κ3) is 4.85. The number of nitrogens with one attached hydrogen (secondary N) is 1. The molecular formula is C21H23FN4O4. The maximum Gasteiger partial charge on any atom is 0.254 e. The van der Waals surface area contributed by atoms with Crippen LogP contribution in [0.15, 0.2) is 36.4 Å². The van der Waals surface area contributed by atoms with Crippen molar-refractivity contribution < 1.29 is 23.5 Å². The highest BCUT2D eigenvalue weighted by molar-refractivity contribution is 5.86. The largest absolute Gasteiger partial charge is 0.497 e. The normalized spacial score (nSPS) is 12.5. The number of carbonyl (C=O) groups is 2. The van der Waals surface area contributed by atoms with Crippen molar-refractivity contribution in [2.24, 2.45) is 11.5 Å². The van der Waals surface area contributed by atoms with Crippen LogP contribution in [0.2, 0.25) is 0 Å². The fourth-order valence-electron chi connectivity index (χ4n) is 3.13. The Hall–Kier alpha value is -3.64. The van der Waals surface area contributed by atoms with Gasteiger partial charge in [-0.2, -0.15) is 5.26 Å². The zero-order valence-corrected chi connectivity index (χ0v) is 16.7. The Morgan fingerprint density at radius 2 is 1.97 bits per heavy atom. The quantitative estimate of drug-likeness (QED) is 0.539. The average Bonchev–Trinajstić information content (AvgIpc) is 2.72. The summed E-state index contributed by atoms with van der Waals surface area (Å²) in [6.07, 6.45) is -0.147. The molecule has 0 fully saturated rings. The van der Waals surface area contributed by atoms with Crippen molar-refractivity contribution in [1.29, 1.82) is 5.26 Å². The number of primary amides is 2. The van der Waals surface area contributed by atoms with Crippen molar-refractivity contribution in [2.75, 3.05) is 25.6 Å². The maximum absolute atomic E-state index is 14.9. The van der Waals surface area contributed by atoms with E-state index in [1.807, 2.05) is 6.07 Å². The van der Waals surface area contributed by atoms with Gasteiger partial charge in [-0.15, -0.1) is 0 Å². The van der Waals surface area contributed by atoms with E-state index in [4.69, 9.17) is 26.2 Å². The van der Waals surface area contributed by atoms with Gasteiger partial charge in [-0.25, -0.2) is 4.39 Å². The number of anilines is 1. The second kappa shape index (κ2) is 9.71. The number of nitrogens with zero attached hydrogens (tertiary/aromatic N) is 1. The van der Waals surface area contributed by atoms with E-state index in [1.165, 1.54) is 31.4 Å². The van der Waals surface area contributed by atoms with Crippen LogP contribution in [0, 0.1) is 17.1 Å². The van der Waals surface area contributed by atoms with E-state index in [2.05, 4.69) is 5.32 Å². The number of rotatable bonds is 10. The first-order chi connectivity index (χ1) is 14.3. The number of nitrogens with two attached hydrogens (primary N) is 2. The van der Waals surface area contributed by atoms with E-state index < -0.39 is 23.2 Å². The molecule has 1 unspecified atom stereocenters. The molecule has 5 N–H and O–H groups in total. The Morgan fingerprint density at radius 3 is 2.50 bits per heavy atom. The molecule has 0 radical (unpaired) electrons. The van der Waals surface area contributed by atoms with Crippen LogP contribution in [0.4, 0.5) is 10.1 Å². The lowest BCUT2D eigenvalue weighted by molar-refractivity contribution is -0.145. The van der Waals surface area contributed by atoms with E-state index in [0.29, 0.717) is 16.8 Å². The van der Waals surface area contributed by atoms with Gasteiger partial charge in [0.25, 0.3) is 5.91 Å². The Morgan fingerprint density at radius 1 is 1.23 bits per heavy atom. The van der Waals surface area contributed by atoms with Gasteiger partial charge in [-0.3, -0.25) is 9.59 Å². The van der Waals surface area contributed by atoms with Crippen LogP contribution >= 0.6 is 0 Å². The molecule has 158 valence electrons. The van der Waals surface area contributed by atoms with Crippen LogP contribution in [-0.2, 0) is 26.3 Å². The highest BCUT2D eigenvalue weighted by atomic mass is 19.1. The van der Waals surface area contributed by atoms with Crippen molar-refractivity contribution in [2.45, 2.75) is 18.9 Å². The Labute approximate surface area is 173 Å². The summed E-state index contributed by atoms with van der Waals surface area (Å²) >= 11 is 0. The predicted octanol–water partition coefficient (Wildman–Crippen LogP) is 1.56. The smallest absolute Gasteiger partial charge is 0.254 e. The lowest BCUT2D eigenvalue weighted by atomic mass is 9.84. The van der Waals surface area contributed by atoms with Gasteiger partial charge in [-0.1, -0.05) is 6.07 Å². The predicted molar refractivity (Wildman–Crippen MR) is 108 cm³/mol. The van der Waals surface area contributed by atoms with Gasteiger partial charge in [-0.05, 0) is 36.8 Å². The van der Waals surface area contributed by atoms with E-state index in [1.54, 1.807) is 13.0 Å². The third-order valence-corrected chi connectivity index (χ3v) is 4.53. The standard InChI is InChI=1S/C21H23FN4O4/c1-3-30-21(20(25)28,16-7-6-15(29-2)9-17(16)22)10-14-5-4-13(11-23)8-18(14)26-12-19(24)27/h4-9,26H,3,10,12H2,1-2H3,(H2,24,27)(H2,25,28). The van der Waals surface area contributed by atoms with E-state index >= 15 is 0 Å². The van der Waals surface area contributed by atoms with Crippen LogP contribution in [-0.4, -0.2) is 32.1 Å². The van der Waals surface area contributed by atoms with Gasteiger partial charge in [0.2, 0.25) is 5.91 Å². The fourth-order valence-corrected chi connectivity index (χ4v) is 3.13. The topological polar surface area (TPSA) is 140 Å². The molecule has 1 atom stereocenters. The number of amides is 2. The molecule has 30 heavy (non-hydrogen) atoms. The number of carbonyl (C=O) groups excluding carboxylic acids is 2. The highest BCUT2D eigenvalue weighted by Gasteiger charge is 2.42. The number of hydrogen-bond donors (Lipinski definition) is 3. The Bertz CT molecular complexity index is 989. The summed E-state index contributed by atoms with van der Waals surface area (Å²) in [5.41, 5.74) is 10.2. The first kappa shape index (κ1) is 22.6. The van der Waals surface area contributed by atoms with Crippen LogP contribution in [0.3, 0.4) is 0 Å². The molecule has 0 bridgehead atoms. The lowest BCUT2D eigenvalue weighted by Gasteiger charge is -2.32. The van der Waals surface area contributed by atoms with Crippen molar-refractivity contribution in [3.05, 3.63) is 58.9 Å². The van der Waals surface area contributed by atoms with Crippen LogP contribution in [0.5, 0.6) is 5.75 Å². The molecule has 2 aromatic carbocycles. The fraction of sp³-hybridized carbons (Fsp3) is 0.286. The minimum atomic E-state index is -1.83. The van der Waals surface area contributed by atoms with Crippen LogP contribution < -0.4 is 21.5 Å². The van der Waals surface area contributed by atoms with Crippen LogP contribution in [0.25, 0.3) is 0 Å². The average molecular weight is 414 g/mol. The molecule has 0 aliphatic rings. The van der Waals surface area contributed by atoms with Gasteiger partial charge in [0.05, 0.1) is 25.3 Å². The zero-order chi connectivity index (χ0) is 22.3. The van der Waals surface area contributed by atoms with Gasteiger partial charge >= 0.3 is 0 Å². The summed E-state index contributed by atoms with van der Waals surface area (Å²) < 4.78 is 25.7. The first-order valence-corrected chi connectivity index (χ1v) is 9.10. The Balaban J connectivity index is 2.61. The summed E-state index contributed by atoms with van der Waals surface area (Å²) in [4.78, 5) is 23.8. The number of nitriles is 1. The molecule has 0 aliphatic carbocycles. The molecule has 0 aliphatic heterocycles. The molecule has 0 saturated heterocycles. The molecule has 0 aromatic heterocycles. The van der Waals surface area contributed by atoms with E-state index in [-0.39, 0.29) is 30.9 Å². The minimum absolute atomic E-state index is 0.0529. The molecule has 2 amide bonds. The summed E-state index contributed by atoms with van der Waals surface area (Å²) in [5, 5.41) is 12.0. The zero-order valence-electron chi connectivity index (χ0n) is 16.7. The Kier molecular flexibility index (Phi) is 7.33. The highest BCUT2D eigenvalue weighted by Crippen LogP contribution is 2.35. The summed E-state index contributed by atoms with van der Waals surface area (Å²) in [5.74, 6) is -1.95. The second-order valence-corrected chi connectivity index (χ2v) is 6.45. The molecule has 0 heterocycles. The maximum atomic E-state index is 14.9. The number of halogens is 1. The van der Waals surface area contributed by atoms with Crippen molar-refractivity contribution in [3.8, 4) is 11.8 Å². The van der Waals surface area contributed by atoms with Gasteiger partial charge in [0, 0.05) is 30.3 Å². The molecule has 2 aromatic rings. The van der Waals surface area contributed by atoms with Crippen molar-refractivity contribution in [1.82, 2.24) is 0 Å². The SMILES string of the molecule is CCOC(Cc1ccc(C#N)cc1NCC(N)=O)(C(N)=O)c1ccc(OC)cc1F. The number of methoxy groups -OCH3 is 1. The lowest BCUT2D eigenvalue weighted by Crippen LogP contribution is -2.46. The number of hydrogen-bond acceptors (Lipinski definition) is 6. The van der Waals surface area contributed by atoms with Crippen molar-refractivity contribution >= 4 is 17.5 Å². The summed E-state index contributed by atoms with van der Waals surface area (Å²) in [6.45, 7) is 1.54. The molecule has 0 saturated carbocycles. The third-order valence-electron chi connectivity index (χ3n) is 4.53. The summed E-state index contributed by atoms with van der Waals surface area (Å²) in [6, 6.07) is 10.6. The second-order valence-electron chi connectivity index (χ2n) is 6.45. The van der Waals surface area contributed by atoms with Gasteiger partial charge in [0.1, 0.15) is 11.6 Å². The molecular weight excluding hydrogens is 391 g/mol. The molecule has 8 nitrogen and oxygen atoms in total. The molecule has 9 heteroatoms. The van der Waals surface area contributed by atoms with Gasteiger partial charge < -0.3 is 26.3 Å².